The summed E-state index contributed by atoms with van der Waals surface area (Å²) in [6, 6.07) is 0. The van der Waals surface area contributed by atoms with Gasteiger partial charge in [0.2, 0.25) is 0 Å². The number of nitrogens with zero attached hydrogens (tertiary/aromatic N) is 2. The first-order chi connectivity index (χ1) is 8.28. The smallest absolute Gasteiger partial charge is 0.0159 e. The highest BCUT2D eigenvalue weighted by Crippen LogP contribution is 2.00. The van der Waals surface area contributed by atoms with Gasteiger partial charge >= 0.3 is 0 Å². The molecule has 0 aliphatic heterocycles. The quantitative estimate of drug-likeness (QED) is 0.377. The van der Waals surface area contributed by atoms with Crippen molar-refractivity contribution in [3.63, 3.8) is 0 Å². The molecule has 0 amide bonds. The summed E-state index contributed by atoms with van der Waals surface area (Å²) in [6.45, 7) is 6.95. The fourth-order valence-electron chi connectivity index (χ4n) is 1.67. The molecule has 0 N–H and O–H groups in total. The van der Waals surface area contributed by atoms with Crippen LogP contribution in [-0.4, -0.2) is 70.4 Å². The van der Waals surface area contributed by atoms with E-state index in [9.17, 15) is 0 Å². The average molecular weight is 502 g/mol. The number of hydrogen-bond acceptors (Lipinski definition) is 2. The maximum atomic E-state index is 3.51. The van der Waals surface area contributed by atoms with Gasteiger partial charge in [0.25, 0.3) is 0 Å². The maximum absolute atomic E-state index is 3.51. The van der Waals surface area contributed by atoms with Crippen molar-refractivity contribution in [3.05, 3.63) is 0 Å². The minimum absolute atomic E-state index is 1.06. The third-order valence-electron chi connectivity index (χ3n) is 2.55. The summed E-state index contributed by atoms with van der Waals surface area (Å²) in [5.41, 5.74) is 0. The zero-order valence-corrected chi connectivity index (χ0v) is 16.5. The van der Waals surface area contributed by atoms with Crippen LogP contribution < -0.4 is 0 Å². The monoisotopic (exact) mass is 498 g/mol. The average Bonchev–Trinajstić information content (AvgIpc) is 2.30. The fraction of sp³-hybridized carbons (Fsp3) is 1.00. The first-order valence-corrected chi connectivity index (χ1v) is 10.5. The Labute approximate surface area is 139 Å². The van der Waals surface area contributed by atoms with Crippen LogP contribution in [0.2, 0.25) is 0 Å². The van der Waals surface area contributed by atoms with Gasteiger partial charge in [0.05, 0.1) is 0 Å². The van der Waals surface area contributed by atoms with Crippen LogP contribution in [0.4, 0.5) is 0 Å². The molecule has 0 aliphatic rings. The normalized spacial score (nSPS) is 11.6. The highest BCUT2D eigenvalue weighted by Gasteiger charge is 2.06. The van der Waals surface area contributed by atoms with E-state index in [0.717, 1.165) is 47.5 Å². The number of hydrogen-bond donors (Lipinski definition) is 0. The molecule has 0 fully saturated rings. The van der Waals surface area contributed by atoms with E-state index in [1.807, 2.05) is 0 Å². The molecule has 0 bridgehead atoms. The summed E-state index contributed by atoms with van der Waals surface area (Å²) in [5, 5.41) is 4.25. The van der Waals surface area contributed by atoms with E-state index < -0.39 is 0 Å². The van der Waals surface area contributed by atoms with Crippen LogP contribution in [0, 0.1) is 0 Å². The second kappa shape index (κ2) is 14.3. The predicted octanol–water partition coefficient (Wildman–Crippen LogP) is 3.56. The minimum Gasteiger partial charge on any atom is -0.302 e. The Morgan fingerprint density at radius 3 is 1.00 bits per heavy atom. The molecular formula is C11H22Br4N2. The van der Waals surface area contributed by atoms with Crippen molar-refractivity contribution in [1.29, 1.82) is 0 Å². The first-order valence-electron chi connectivity index (χ1n) is 5.97. The van der Waals surface area contributed by atoms with Crippen molar-refractivity contribution in [1.82, 2.24) is 9.80 Å². The zero-order valence-electron chi connectivity index (χ0n) is 10.2. The van der Waals surface area contributed by atoms with Gasteiger partial charge in [0, 0.05) is 47.5 Å². The Hall–Kier alpha value is 1.84. The lowest BCUT2D eigenvalue weighted by Gasteiger charge is -2.24. The van der Waals surface area contributed by atoms with Gasteiger partial charge in [-0.25, -0.2) is 0 Å². The van der Waals surface area contributed by atoms with Crippen LogP contribution >= 0.6 is 63.7 Å². The Kier molecular flexibility index (Phi) is 15.8. The molecule has 0 heterocycles. The van der Waals surface area contributed by atoms with E-state index in [0.29, 0.717) is 0 Å². The molecule has 104 valence electrons. The molecular weight excluding hydrogens is 480 g/mol. The van der Waals surface area contributed by atoms with Gasteiger partial charge in [-0.1, -0.05) is 63.7 Å². The molecule has 0 aromatic heterocycles. The van der Waals surface area contributed by atoms with E-state index in [2.05, 4.69) is 73.5 Å². The molecule has 0 unspecified atom stereocenters. The summed E-state index contributed by atoms with van der Waals surface area (Å²) < 4.78 is 0. The molecule has 0 aliphatic carbocycles. The van der Waals surface area contributed by atoms with Gasteiger partial charge in [-0.05, 0) is 19.5 Å². The van der Waals surface area contributed by atoms with Crippen molar-refractivity contribution in [3.8, 4) is 0 Å². The second-order valence-electron chi connectivity index (χ2n) is 3.79. The van der Waals surface area contributed by atoms with Crippen LogP contribution in [0.3, 0.4) is 0 Å². The van der Waals surface area contributed by atoms with Crippen LogP contribution in [0.25, 0.3) is 0 Å². The molecule has 0 radical (unpaired) electrons. The predicted molar refractivity (Wildman–Crippen MR) is 92.7 cm³/mol. The lowest BCUT2D eigenvalue weighted by Crippen LogP contribution is -2.34. The van der Waals surface area contributed by atoms with Crippen LogP contribution in [0.5, 0.6) is 0 Å². The van der Waals surface area contributed by atoms with Crippen molar-refractivity contribution in [2.24, 2.45) is 0 Å². The summed E-state index contributed by atoms with van der Waals surface area (Å²) in [6.07, 6.45) is 1.25. The Morgan fingerprint density at radius 1 is 0.471 bits per heavy atom. The lowest BCUT2D eigenvalue weighted by atomic mass is 10.3. The SMILES string of the molecule is BrCCN(CCBr)CCCN(CCBr)CCBr. The summed E-state index contributed by atoms with van der Waals surface area (Å²) in [7, 11) is 0. The van der Waals surface area contributed by atoms with Crippen LogP contribution in [0.15, 0.2) is 0 Å². The Balaban J connectivity index is 3.73. The molecule has 0 aromatic carbocycles. The van der Waals surface area contributed by atoms with Crippen LogP contribution in [0.1, 0.15) is 6.42 Å². The van der Waals surface area contributed by atoms with Crippen molar-refractivity contribution in [2.45, 2.75) is 6.42 Å². The van der Waals surface area contributed by atoms with Crippen molar-refractivity contribution < 1.29 is 0 Å². The van der Waals surface area contributed by atoms with Crippen molar-refractivity contribution in [2.75, 3.05) is 60.6 Å². The van der Waals surface area contributed by atoms with Gasteiger partial charge in [-0.3, -0.25) is 0 Å². The highest BCUT2D eigenvalue weighted by molar-refractivity contribution is 9.09. The molecule has 0 spiro atoms. The molecule has 0 rings (SSSR count). The number of alkyl halides is 4. The maximum Gasteiger partial charge on any atom is 0.0159 e. The largest absolute Gasteiger partial charge is 0.302 e. The molecule has 0 saturated heterocycles. The second-order valence-corrected chi connectivity index (χ2v) is 6.96. The lowest BCUT2D eigenvalue weighted by molar-refractivity contribution is 0.256. The van der Waals surface area contributed by atoms with E-state index in [1.165, 1.54) is 19.5 Å². The topological polar surface area (TPSA) is 6.48 Å². The van der Waals surface area contributed by atoms with E-state index in [4.69, 9.17) is 0 Å². The van der Waals surface area contributed by atoms with Gasteiger partial charge < -0.3 is 9.80 Å². The van der Waals surface area contributed by atoms with Gasteiger partial charge in [-0.15, -0.1) is 0 Å². The molecule has 6 heteroatoms. The Bertz CT molecular complexity index is 132. The van der Waals surface area contributed by atoms with E-state index >= 15 is 0 Å². The summed E-state index contributed by atoms with van der Waals surface area (Å²) >= 11 is 14.0. The van der Waals surface area contributed by atoms with Crippen molar-refractivity contribution >= 4 is 63.7 Å². The van der Waals surface area contributed by atoms with Gasteiger partial charge in [0.1, 0.15) is 0 Å². The first kappa shape index (κ1) is 18.8. The standard InChI is InChI=1S/C11H22Br4N2/c12-2-8-16(9-3-13)6-1-7-17(10-4-14)11-5-15/h1-11H2. The number of rotatable bonds is 12. The summed E-state index contributed by atoms with van der Waals surface area (Å²) in [5.74, 6) is 0. The fourth-order valence-corrected chi connectivity index (χ4v) is 3.67. The van der Waals surface area contributed by atoms with Gasteiger partial charge in [-0.2, -0.15) is 0 Å². The van der Waals surface area contributed by atoms with E-state index in [-0.39, 0.29) is 0 Å². The van der Waals surface area contributed by atoms with Gasteiger partial charge in [0.15, 0.2) is 0 Å². The summed E-state index contributed by atoms with van der Waals surface area (Å²) in [4.78, 5) is 5.01. The van der Waals surface area contributed by atoms with Crippen LogP contribution in [-0.2, 0) is 0 Å². The third kappa shape index (κ3) is 11.4. The molecule has 0 atom stereocenters. The minimum atomic E-state index is 1.06. The third-order valence-corrected chi connectivity index (χ3v) is 3.97. The number of halogens is 4. The van der Waals surface area contributed by atoms with E-state index in [1.54, 1.807) is 0 Å². The zero-order chi connectivity index (χ0) is 12.9. The highest BCUT2D eigenvalue weighted by atomic mass is 79.9. The Morgan fingerprint density at radius 2 is 0.765 bits per heavy atom. The molecule has 2 nitrogen and oxygen atoms in total. The molecule has 0 saturated carbocycles. The molecule has 17 heavy (non-hydrogen) atoms. The molecule has 0 aromatic rings.